The van der Waals surface area contributed by atoms with Gasteiger partial charge in [0.1, 0.15) is 0 Å². The number of nitrogens with one attached hydrogen (secondary N) is 1. The molecule has 76 valence electrons. The average molecular weight is 199 g/mol. The molecule has 0 saturated carbocycles. The molecule has 0 fully saturated rings. The molecule has 0 amide bonds. The van der Waals surface area contributed by atoms with Gasteiger partial charge in [0.25, 0.3) is 0 Å². The van der Waals surface area contributed by atoms with Crippen LogP contribution >= 0.6 is 9.16 Å². The minimum atomic E-state index is -1.56. The van der Waals surface area contributed by atoms with Crippen molar-refractivity contribution in [2.24, 2.45) is 0 Å². The monoisotopic (exact) mass is 199 g/mol. The number of hydrogen-bond acceptors (Lipinski definition) is 1. The molecule has 0 atom stereocenters. The molecule has 13 heavy (non-hydrogen) atoms. The van der Waals surface area contributed by atoms with Gasteiger partial charge in [-0.15, -0.1) is 0 Å². The topological polar surface area (TPSA) is 12.0 Å². The first-order valence-corrected chi connectivity index (χ1v) is 8.61. The van der Waals surface area contributed by atoms with Gasteiger partial charge < -0.3 is 5.32 Å². The molecule has 0 unspecified atom stereocenters. The van der Waals surface area contributed by atoms with Gasteiger partial charge in [-0.2, -0.15) is 0 Å². The highest BCUT2D eigenvalue weighted by atomic mass is 32.3. The third-order valence-corrected chi connectivity index (χ3v) is 4.55. The normalized spacial score (nSPS) is 14.7. The van der Waals surface area contributed by atoms with Crippen molar-refractivity contribution in [3.05, 3.63) is 24.3 Å². The highest BCUT2D eigenvalue weighted by Gasteiger charge is 2.20. The first-order chi connectivity index (χ1) is 5.80. The van der Waals surface area contributed by atoms with Crippen LogP contribution in [0.25, 0.3) is 0 Å². The molecule has 2 heteroatoms. The lowest BCUT2D eigenvalue weighted by atomic mass is 10.3. The maximum Gasteiger partial charge on any atom is 0.0338 e. The summed E-state index contributed by atoms with van der Waals surface area (Å²) in [6.07, 6.45) is 9.50. The second-order valence-corrected chi connectivity index (χ2v) is 13.0. The van der Waals surface area contributed by atoms with Crippen molar-refractivity contribution in [2.45, 2.75) is 4.90 Å². The Labute approximate surface area is 81.8 Å². The van der Waals surface area contributed by atoms with Crippen molar-refractivity contribution in [2.75, 3.05) is 37.4 Å². The van der Waals surface area contributed by atoms with Crippen LogP contribution in [0.2, 0.25) is 0 Å². The van der Waals surface area contributed by atoms with Crippen LogP contribution in [-0.2, 0) is 0 Å². The van der Waals surface area contributed by atoms with Crippen LogP contribution in [0.4, 0.5) is 5.69 Å². The lowest BCUT2D eigenvalue weighted by Crippen LogP contribution is -2.10. The van der Waals surface area contributed by atoms with Gasteiger partial charge in [0.15, 0.2) is 0 Å². The summed E-state index contributed by atoms with van der Waals surface area (Å²) in [5.41, 5.74) is 1.18. The Morgan fingerprint density at radius 1 is 0.923 bits per heavy atom. The van der Waals surface area contributed by atoms with Crippen molar-refractivity contribution >= 4 is 14.8 Å². The molecule has 0 radical (unpaired) electrons. The smallest absolute Gasteiger partial charge is 0.0338 e. The highest BCUT2D eigenvalue weighted by molar-refractivity contribution is 8.47. The second-order valence-electron chi connectivity index (χ2n) is 5.37. The van der Waals surface area contributed by atoms with Crippen molar-refractivity contribution in [1.82, 2.24) is 0 Å². The molecule has 0 aliphatic heterocycles. The van der Waals surface area contributed by atoms with E-state index in [-0.39, 0.29) is 0 Å². The molecule has 0 aromatic heterocycles. The van der Waals surface area contributed by atoms with E-state index in [1.54, 1.807) is 0 Å². The van der Waals surface area contributed by atoms with E-state index in [1.807, 2.05) is 7.05 Å². The number of anilines is 1. The van der Waals surface area contributed by atoms with Crippen molar-refractivity contribution in [1.29, 1.82) is 0 Å². The summed E-state index contributed by atoms with van der Waals surface area (Å²) < 4.78 is 0. The van der Waals surface area contributed by atoms with E-state index in [0.29, 0.717) is 0 Å². The first kappa shape index (κ1) is 10.5. The molecule has 0 aliphatic rings. The summed E-state index contributed by atoms with van der Waals surface area (Å²) in [4.78, 5) is 1.49. The summed E-state index contributed by atoms with van der Waals surface area (Å²) >= 11 is 0. The largest absolute Gasteiger partial charge is 0.388 e. The van der Waals surface area contributed by atoms with Gasteiger partial charge in [-0.25, -0.2) is 0 Å². The van der Waals surface area contributed by atoms with Gasteiger partial charge in [0.2, 0.25) is 0 Å². The molecule has 1 aromatic rings. The molecule has 0 heterocycles. The molecule has 0 spiro atoms. The number of hydrogen-bond donors (Lipinski definition) is 2. The van der Waals surface area contributed by atoms with Crippen molar-refractivity contribution < 1.29 is 0 Å². The Morgan fingerprint density at radius 2 is 1.38 bits per heavy atom. The summed E-state index contributed by atoms with van der Waals surface area (Å²) in [5.74, 6) is 0. The van der Waals surface area contributed by atoms with Crippen LogP contribution in [0.5, 0.6) is 0 Å². The van der Waals surface area contributed by atoms with Crippen LogP contribution in [-0.4, -0.2) is 32.1 Å². The molecular weight excluding hydrogens is 178 g/mol. The standard InChI is InChI=1S/C11H21NS/c1-12-10-6-8-11(9-7-10)13(2,3,4)5/h6-9,12-13H,1-5H3. The van der Waals surface area contributed by atoms with Crippen LogP contribution in [0.3, 0.4) is 0 Å². The Hall–Kier alpha value is -0.630. The molecule has 0 saturated heterocycles. The zero-order valence-corrected chi connectivity index (χ0v) is 10.2. The Kier molecular flexibility index (Phi) is 2.37. The fraction of sp³-hybridized carbons (Fsp3) is 0.455. The van der Waals surface area contributed by atoms with Gasteiger partial charge in [-0.3, -0.25) is 9.16 Å². The zero-order chi connectivity index (χ0) is 10.1. The van der Waals surface area contributed by atoms with Gasteiger partial charge in [0.05, 0.1) is 0 Å². The lowest BCUT2D eigenvalue weighted by Gasteiger charge is -2.47. The maximum absolute atomic E-state index is 3.13. The Bertz CT molecular complexity index is 283. The second kappa shape index (κ2) is 2.95. The van der Waals surface area contributed by atoms with E-state index in [2.05, 4.69) is 54.6 Å². The predicted molar refractivity (Wildman–Crippen MR) is 66.9 cm³/mol. The minimum absolute atomic E-state index is 1.18. The van der Waals surface area contributed by atoms with Gasteiger partial charge >= 0.3 is 0 Å². The van der Waals surface area contributed by atoms with Crippen LogP contribution in [0.1, 0.15) is 0 Å². The van der Waals surface area contributed by atoms with E-state index in [0.717, 1.165) is 0 Å². The van der Waals surface area contributed by atoms with E-state index < -0.39 is 9.16 Å². The fourth-order valence-electron chi connectivity index (χ4n) is 1.22. The van der Waals surface area contributed by atoms with Crippen LogP contribution < -0.4 is 5.32 Å². The van der Waals surface area contributed by atoms with Gasteiger partial charge in [-0.05, 0) is 54.2 Å². The number of thiol groups is 1. The van der Waals surface area contributed by atoms with Crippen LogP contribution in [0, 0.1) is 0 Å². The molecular formula is C11H21NS. The Balaban J connectivity index is 3.07. The SMILES string of the molecule is CNc1ccc([SH](C)(C)(C)C)cc1. The quantitative estimate of drug-likeness (QED) is 0.698. The molecule has 0 bridgehead atoms. The van der Waals surface area contributed by atoms with Gasteiger partial charge in [-0.1, -0.05) is 0 Å². The molecule has 1 aromatic carbocycles. The number of benzene rings is 1. The average Bonchev–Trinajstić information content (AvgIpc) is 2.02. The van der Waals surface area contributed by atoms with E-state index in [4.69, 9.17) is 0 Å². The number of rotatable bonds is 2. The van der Waals surface area contributed by atoms with E-state index in [9.17, 15) is 0 Å². The summed E-state index contributed by atoms with van der Waals surface area (Å²) in [7, 11) is 0.392. The third kappa shape index (κ3) is 2.66. The summed E-state index contributed by atoms with van der Waals surface area (Å²) in [6, 6.07) is 8.78. The lowest BCUT2D eigenvalue weighted by molar-refractivity contribution is 1.39. The van der Waals surface area contributed by atoms with Gasteiger partial charge in [0, 0.05) is 12.7 Å². The predicted octanol–water partition coefficient (Wildman–Crippen LogP) is 2.68. The minimum Gasteiger partial charge on any atom is -0.388 e. The molecule has 1 rings (SSSR count). The molecule has 1 nitrogen and oxygen atoms in total. The fourth-order valence-corrected chi connectivity index (χ4v) is 2.57. The Morgan fingerprint density at radius 3 is 1.69 bits per heavy atom. The van der Waals surface area contributed by atoms with Crippen molar-refractivity contribution in [3.8, 4) is 0 Å². The van der Waals surface area contributed by atoms with E-state index >= 15 is 0 Å². The maximum atomic E-state index is 3.13. The molecule has 1 N–H and O–H groups in total. The highest BCUT2D eigenvalue weighted by Crippen LogP contribution is 2.63. The van der Waals surface area contributed by atoms with E-state index in [1.165, 1.54) is 10.6 Å². The zero-order valence-electron chi connectivity index (χ0n) is 9.26. The summed E-state index contributed by atoms with van der Waals surface area (Å²) in [6.45, 7) is 0. The van der Waals surface area contributed by atoms with Crippen molar-refractivity contribution in [3.63, 3.8) is 0 Å². The summed E-state index contributed by atoms with van der Waals surface area (Å²) in [5, 5.41) is 3.13. The third-order valence-electron chi connectivity index (χ3n) is 2.19. The van der Waals surface area contributed by atoms with Crippen LogP contribution in [0.15, 0.2) is 29.2 Å². The first-order valence-electron chi connectivity index (χ1n) is 4.58. The molecule has 0 aliphatic carbocycles.